The van der Waals surface area contributed by atoms with Crippen molar-refractivity contribution in [3.05, 3.63) is 172 Å². The molecule has 0 heterocycles. The second-order valence-corrected chi connectivity index (χ2v) is 20.6. The number of benzene rings is 6. The highest BCUT2D eigenvalue weighted by molar-refractivity contribution is 5.97. The van der Waals surface area contributed by atoms with Crippen LogP contribution < -0.4 is 15.1 Å². The highest BCUT2D eigenvalue weighted by Gasteiger charge is 2.30. The second kappa shape index (κ2) is 22.5. The van der Waals surface area contributed by atoms with E-state index in [1.165, 1.54) is 72.5 Å². The van der Waals surface area contributed by atoms with Crippen molar-refractivity contribution in [2.45, 2.75) is 156 Å². The van der Waals surface area contributed by atoms with Gasteiger partial charge >= 0.3 is 5.97 Å². The van der Waals surface area contributed by atoms with Crippen LogP contribution in [0.2, 0.25) is 0 Å². The van der Waals surface area contributed by atoms with E-state index in [-0.39, 0.29) is 24.0 Å². The van der Waals surface area contributed by atoms with Crippen molar-refractivity contribution >= 4 is 45.2 Å². The highest BCUT2D eigenvalue weighted by Crippen LogP contribution is 2.44. The van der Waals surface area contributed by atoms with Crippen LogP contribution in [0.15, 0.2) is 133 Å². The van der Waals surface area contributed by atoms with Gasteiger partial charge < -0.3 is 19.9 Å². The van der Waals surface area contributed by atoms with Crippen molar-refractivity contribution in [1.29, 1.82) is 0 Å². The van der Waals surface area contributed by atoms with Crippen LogP contribution in [0.4, 0.5) is 28.4 Å². The lowest BCUT2D eigenvalue weighted by molar-refractivity contribution is -0.146. The number of hydrogen-bond acceptors (Lipinski definition) is 5. The molecule has 5 heteroatoms. The standard InChI is InChI=1S/C63H79N3O2/c1-13-39-65(61-50(41(3)4)23-19-24-51(61)42(5)6)48-33-29-46(30-34-48)60(47-31-35-49(36-32-47)66(40-14-2)62-52(43(7)8)25-20-26-53(62)44(9)10)56-37-38-57(55-22-16-15-21-54(55)56)64-58-27-17-18-28-59(58)68-63(67)45(11)12/h15-16,19-26,29-38,41-44,58-60,64H,11,13-14,17-18,27-28,39-40H2,1-10,12H3. The van der Waals surface area contributed by atoms with Gasteiger partial charge in [-0.25, -0.2) is 4.79 Å². The third-order valence-corrected chi connectivity index (χ3v) is 14.1. The SMILES string of the molecule is C=C(C)C(=O)OC1CCCCC1Nc1ccc(C(c2ccc(N(CCC)c3c(C(C)C)cccc3C(C)C)cc2)c2ccc(N(CCC)c3c(C(C)C)cccc3C(C)C)cc2)c2ccccc12. The van der Waals surface area contributed by atoms with Crippen molar-refractivity contribution in [2.24, 2.45) is 0 Å². The minimum atomic E-state index is -0.312. The Morgan fingerprint density at radius 3 is 1.44 bits per heavy atom. The molecule has 1 saturated carbocycles. The lowest BCUT2D eigenvalue weighted by atomic mass is 9.82. The van der Waals surface area contributed by atoms with E-state index >= 15 is 0 Å². The van der Waals surface area contributed by atoms with Gasteiger partial charge in [-0.3, -0.25) is 0 Å². The first-order chi connectivity index (χ1) is 32.7. The zero-order valence-electron chi connectivity index (χ0n) is 43.2. The van der Waals surface area contributed by atoms with Crippen molar-refractivity contribution in [2.75, 3.05) is 28.2 Å². The largest absolute Gasteiger partial charge is 0.457 e. The fraction of sp³-hybridized carbons (Fsp3) is 0.413. The average molecular weight is 910 g/mol. The van der Waals surface area contributed by atoms with Crippen molar-refractivity contribution in [3.8, 4) is 0 Å². The van der Waals surface area contributed by atoms with Gasteiger partial charge in [-0.1, -0.05) is 173 Å². The first-order valence-electron chi connectivity index (χ1n) is 25.9. The highest BCUT2D eigenvalue weighted by atomic mass is 16.5. The molecule has 1 aliphatic carbocycles. The summed E-state index contributed by atoms with van der Waals surface area (Å²) in [6.07, 6.45) is 5.80. The molecule has 68 heavy (non-hydrogen) atoms. The lowest BCUT2D eigenvalue weighted by Gasteiger charge is -2.33. The first kappa shape index (κ1) is 50.1. The number of carbonyl (C=O) groups excluding carboxylic acids is 1. The number of esters is 1. The molecule has 0 amide bonds. The second-order valence-electron chi connectivity index (χ2n) is 20.6. The van der Waals surface area contributed by atoms with E-state index in [0.717, 1.165) is 57.3 Å². The molecule has 0 radical (unpaired) electrons. The van der Waals surface area contributed by atoms with Gasteiger partial charge in [0.15, 0.2) is 0 Å². The lowest BCUT2D eigenvalue weighted by Crippen LogP contribution is -2.40. The monoisotopic (exact) mass is 910 g/mol. The Morgan fingerprint density at radius 2 is 1.01 bits per heavy atom. The number of anilines is 5. The summed E-state index contributed by atoms with van der Waals surface area (Å²) in [4.78, 5) is 17.9. The maximum Gasteiger partial charge on any atom is 0.333 e. The Kier molecular flexibility index (Phi) is 16.6. The van der Waals surface area contributed by atoms with Gasteiger partial charge in [0.1, 0.15) is 6.10 Å². The van der Waals surface area contributed by atoms with Gasteiger partial charge in [0.25, 0.3) is 0 Å². The van der Waals surface area contributed by atoms with Crippen LogP contribution in [-0.4, -0.2) is 31.2 Å². The third-order valence-electron chi connectivity index (χ3n) is 14.1. The molecule has 1 aliphatic rings. The van der Waals surface area contributed by atoms with E-state index < -0.39 is 0 Å². The number of rotatable bonds is 19. The summed E-state index contributed by atoms with van der Waals surface area (Å²) < 4.78 is 6.03. The molecule has 1 N–H and O–H groups in total. The van der Waals surface area contributed by atoms with Crippen LogP contribution in [0.25, 0.3) is 10.8 Å². The fourth-order valence-electron chi connectivity index (χ4n) is 10.6. The van der Waals surface area contributed by atoms with Crippen LogP contribution in [0, 0.1) is 0 Å². The molecule has 7 rings (SSSR count). The molecule has 1 fully saturated rings. The number of ether oxygens (including phenoxy) is 1. The topological polar surface area (TPSA) is 44.8 Å². The molecule has 2 unspecified atom stereocenters. The van der Waals surface area contributed by atoms with Gasteiger partial charge in [0.2, 0.25) is 0 Å². The van der Waals surface area contributed by atoms with Crippen LogP contribution in [0.5, 0.6) is 0 Å². The summed E-state index contributed by atoms with van der Waals surface area (Å²) in [5.41, 5.74) is 16.0. The molecule has 5 nitrogen and oxygen atoms in total. The maximum absolute atomic E-state index is 12.7. The van der Waals surface area contributed by atoms with E-state index in [1.807, 2.05) is 0 Å². The normalized spacial score (nSPS) is 15.2. The van der Waals surface area contributed by atoms with Crippen LogP contribution in [-0.2, 0) is 9.53 Å². The summed E-state index contributed by atoms with van der Waals surface area (Å²) in [5, 5.41) is 6.27. The predicted molar refractivity (Wildman–Crippen MR) is 292 cm³/mol. The number of hydrogen-bond donors (Lipinski definition) is 1. The van der Waals surface area contributed by atoms with E-state index in [9.17, 15) is 4.79 Å². The fourth-order valence-corrected chi connectivity index (χ4v) is 10.6. The summed E-state index contributed by atoms with van der Waals surface area (Å²) in [6, 6.07) is 46.2. The third kappa shape index (κ3) is 10.9. The van der Waals surface area contributed by atoms with Gasteiger partial charge in [-0.05, 0) is 137 Å². The Morgan fingerprint density at radius 1 is 0.574 bits per heavy atom. The minimum Gasteiger partial charge on any atom is -0.457 e. The number of nitrogens with one attached hydrogen (secondary N) is 1. The van der Waals surface area contributed by atoms with Crippen molar-refractivity contribution in [3.63, 3.8) is 0 Å². The van der Waals surface area contributed by atoms with E-state index in [4.69, 9.17) is 4.74 Å². The molecule has 2 atom stereocenters. The van der Waals surface area contributed by atoms with Crippen LogP contribution in [0.3, 0.4) is 0 Å². The van der Waals surface area contributed by atoms with E-state index in [0.29, 0.717) is 29.2 Å². The maximum atomic E-state index is 12.7. The molecule has 0 spiro atoms. The smallest absolute Gasteiger partial charge is 0.333 e. The summed E-state index contributed by atoms with van der Waals surface area (Å²) in [5.74, 6) is 1.26. The number of nitrogens with zero attached hydrogens (tertiary/aromatic N) is 2. The number of fused-ring (bicyclic) bond motifs is 1. The molecule has 0 saturated heterocycles. The predicted octanol–water partition coefficient (Wildman–Crippen LogP) is 17.5. The minimum absolute atomic E-state index is 0.0170. The average Bonchev–Trinajstić information content (AvgIpc) is 3.33. The summed E-state index contributed by atoms with van der Waals surface area (Å²) >= 11 is 0. The molecule has 0 aromatic heterocycles. The van der Waals surface area contributed by atoms with Crippen LogP contribution in [0.1, 0.15) is 183 Å². The zero-order valence-corrected chi connectivity index (χ0v) is 43.2. The van der Waals surface area contributed by atoms with Crippen molar-refractivity contribution < 1.29 is 9.53 Å². The molecule has 0 aliphatic heterocycles. The Labute approximate surface area is 410 Å². The van der Waals surface area contributed by atoms with Gasteiger partial charge in [0.05, 0.1) is 6.04 Å². The van der Waals surface area contributed by atoms with E-state index in [1.54, 1.807) is 6.92 Å². The summed E-state index contributed by atoms with van der Waals surface area (Å²) in [6.45, 7) is 30.6. The summed E-state index contributed by atoms with van der Waals surface area (Å²) in [7, 11) is 0. The van der Waals surface area contributed by atoms with Gasteiger partial charge in [0, 0.05) is 58.4 Å². The Balaban J connectivity index is 1.36. The molecular formula is C63H79N3O2. The molecular weight excluding hydrogens is 831 g/mol. The Bertz CT molecular complexity index is 2470. The van der Waals surface area contributed by atoms with Gasteiger partial charge in [-0.15, -0.1) is 0 Å². The molecule has 6 aromatic rings. The zero-order chi connectivity index (χ0) is 48.6. The first-order valence-corrected chi connectivity index (χ1v) is 25.9. The van der Waals surface area contributed by atoms with Crippen molar-refractivity contribution in [1.82, 2.24) is 0 Å². The molecule has 358 valence electrons. The molecule has 0 bridgehead atoms. The van der Waals surface area contributed by atoms with Gasteiger partial charge in [-0.2, -0.15) is 0 Å². The Hall–Kier alpha value is -5.81. The van der Waals surface area contributed by atoms with Crippen LogP contribution >= 0.6 is 0 Å². The quantitative estimate of drug-likeness (QED) is 0.0498. The number of carbonyl (C=O) groups is 1. The molecule has 6 aromatic carbocycles. The number of para-hydroxylation sites is 2. The van der Waals surface area contributed by atoms with E-state index in [2.05, 4.69) is 212 Å².